The van der Waals surface area contributed by atoms with E-state index in [-0.39, 0.29) is 30.0 Å². The van der Waals surface area contributed by atoms with Crippen LogP contribution in [0.3, 0.4) is 0 Å². The number of benzene rings is 1. The fourth-order valence-electron chi connectivity index (χ4n) is 2.61. The molecular weight excluding hydrogens is 265 g/mol. The molecule has 0 radical (unpaired) electrons. The summed E-state index contributed by atoms with van der Waals surface area (Å²) in [5.74, 6) is -0.154. The van der Waals surface area contributed by atoms with E-state index < -0.39 is 0 Å². The third-order valence-electron chi connectivity index (χ3n) is 3.57. The van der Waals surface area contributed by atoms with Crippen LogP contribution in [0.2, 0.25) is 0 Å². The Labute approximate surface area is 120 Å². The molecule has 1 heterocycles. The normalized spacial score (nSPS) is 16.9. The van der Waals surface area contributed by atoms with Gasteiger partial charge in [-0.15, -0.1) is 12.4 Å². The average molecular weight is 286 g/mol. The van der Waals surface area contributed by atoms with Gasteiger partial charge in [0.05, 0.1) is 6.04 Å². The molecule has 0 aliphatic carbocycles. The lowest BCUT2D eigenvalue weighted by atomic mass is 9.99. The van der Waals surface area contributed by atoms with Crippen LogP contribution in [-0.2, 0) is 0 Å². The predicted molar refractivity (Wildman–Crippen MR) is 77.5 cm³/mol. The number of rotatable bonds is 5. The Bertz CT molecular complexity index is 401. The summed E-state index contributed by atoms with van der Waals surface area (Å²) in [5, 5.41) is 0. The van der Waals surface area contributed by atoms with Crippen molar-refractivity contribution in [1.29, 1.82) is 0 Å². The quantitative estimate of drug-likeness (QED) is 0.769. The number of Topliss-reactive ketones (excluding diaryl/α,β-unsaturated/α-hetero) is 1. The molecule has 0 N–H and O–H groups in total. The van der Waals surface area contributed by atoms with E-state index in [1.165, 1.54) is 25.0 Å². The second kappa shape index (κ2) is 7.61. The number of ketones is 1. The van der Waals surface area contributed by atoms with Crippen molar-refractivity contribution in [1.82, 2.24) is 4.90 Å². The zero-order chi connectivity index (χ0) is 13.0. The van der Waals surface area contributed by atoms with Crippen LogP contribution < -0.4 is 0 Å². The summed E-state index contributed by atoms with van der Waals surface area (Å²) in [6, 6.07) is 5.88. The lowest BCUT2D eigenvalue weighted by molar-refractivity contribution is 0.0837. The Morgan fingerprint density at radius 1 is 1.26 bits per heavy atom. The number of nitrogens with zero attached hydrogens (tertiary/aromatic N) is 1. The summed E-state index contributed by atoms with van der Waals surface area (Å²) < 4.78 is 12.9. The van der Waals surface area contributed by atoms with Gasteiger partial charge in [-0.25, -0.2) is 4.39 Å². The first-order chi connectivity index (χ1) is 8.72. The Morgan fingerprint density at radius 2 is 1.84 bits per heavy atom. The summed E-state index contributed by atoms with van der Waals surface area (Å²) in [4.78, 5) is 14.7. The van der Waals surface area contributed by atoms with Crippen LogP contribution >= 0.6 is 12.4 Å². The van der Waals surface area contributed by atoms with Gasteiger partial charge in [0.1, 0.15) is 5.82 Å². The highest BCUT2D eigenvalue weighted by Gasteiger charge is 2.27. The minimum absolute atomic E-state index is 0. The molecule has 19 heavy (non-hydrogen) atoms. The van der Waals surface area contributed by atoms with Crippen molar-refractivity contribution >= 4 is 18.2 Å². The van der Waals surface area contributed by atoms with Crippen molar-refractivity contribution in [3.8, 4) is 0 Å². The molecule has 1 fully saturated rings. The average Bonchev–Trinajstić information content (AvgIpc) is 2.90. The maximum Gasteiger partial charge on any atom is 0.179 e. The highest BCUT2D eigenvalue weighted by atomic mass is 35.5. The molecule has 0 aromatic heterocycles. The molecule has 0 unspecified atom stereocenters. The lowest BCUT2D eigenvalue weighted by Crippen LogP contribution is -2.39. The maximum absolute atomic E-state index is 12.9. The van der Waals surface area contributed by atoms with Gasteiger partial charge >= 0.3 is 0 Å². The molecule has 2 nitrogen and oxygen atoms in total. The van der Waals surface area contributed by atoms with Gasteiger partial charge < -0.3 is 0 Å². The SMILES string of the molecule is CCC[C@@H](C(=O)c1ccc(F)cc1)N1CCCC1.Cl. The van der Waals surface area contributed by atoms with Gasteiger partial charge in [-0.05, 0) is 56.6 Å². The van der Waals surface area contributed by atoms with Crippen molar-refractivity contribution < 1.29 is 9.18 Å². The number of halogens is 2. The summed E-state index contributed by atoms with van der Waals surface area (Å²) in [7, 11) is 0. The number of hydrogen-bond donors (Lipinski definition) is 0. The van der Waals surface area contributed by atoms with Crippen molar-refractivity contribution in [3.63, 3.8) is 0 Å². The minimum atomic E-state index is -0.292. The molecule has 2 rings (SSSR count). The summed E-state index contributed by atoms with van der Waals surface area (Å²) in [6.07, 6.45) is 4.23. The second-order valence-corrected chi connectivity index (χ2v) is 4.92. The maximum atomic E-state index is 12.9. The lowest BCUT2D eigenvalue weighted by Gasteiger charge is -2.26. The van der Waals surface area contributed by atoms with E-state index in [9.17, 15) is 9.18 Å². The van der Waals surface area contributed by atoms with E-state index in [0.717, 1.165) is 25.9 Å². The van der Waals surface area contributed by atoms with Gasteiger partial charge in [-0.2, -0.15) is 0 Å². The molecule has 1 aliphatic heterocycles. The number of carbonyl (C=O) groups is 1. The molecule has 1 aliphatic rings. The van der Waals surface area contributed by atoms with Crippen molar-refractivity contribution in [2.45, 2.75) is 38.6 Å². The Kier molecular flexibility index (Phi) is 6.46. The molecule has 1 atom stereocenters. The molecule has 0 bridgehead atoms. The van der Waals surface area contributed by atoms with Gasteiger partial charge in [-0.3, -0.25) is 9.69 Å². The first-order valence-electron chi connectivity index (χ1n) is 6.76. The number of carbonyl (C=O) groups excluding carboxylic acids is 1. The second-order valence-electron chi connectivity index (χ2n) is 4.92. The van der Waals surface area contributed by atoms with Crippen LogP contribution in [0, 0.1) is 5.82 Å². The van der Waals surface area contributed by atoms with Crippen LogP contribution in [-0.4, -0.2) is 29.8 Å². The molecule has 1 aromatic carbocycles. The summed E-state index contributed by atoms with van der Waals surface area (Å²) >= 11 is 0. The smallest absolute Gasteiger partial charge is 0.179 e. The van der Waals surface area contributed by atoms with Crippen LogP contribution in [0.25, 0.3) is 0 Å². The van der Waals surface area contributed by atoms with Crippen molar-refractivity contribution in [2.24, 2.45) is 0 Å². The molecular formula is C15H21ClFNO. The Balaban J connectivity index is 0.00000180. The molecule has 0 saturated carbocycles. The monoisotopic (exact) mass is 285 g/mol. The zero-order valence-corrected chi connectivity index (χ0v) is 12.1. The van der Waals surface area contributed by atoms with Gasteiger partial charge in [0.2, 0.25) is 0 Å². The number of hydrogen-bond acceptors (Lipinski definition) is 2. The van der Waals surface area contributed by atoms with Crippen LogP contribution in [0.15, 0.2) is 24.3 Å². The minimum Gasteiger partial charge on any atom is -0.293 e. The largest absolute Gasteiger partial charge is 0.293 e. The van der Waals surface area contributed by atoms with Crippen LogP contribution in [0.4, 0.5) is 4.39 Å². The van der Waals surface area contributed by atoms with E-state index in [2.05, 4.69) is 11.8 Å². The Hall–Kier alpha value is -0.930. The third kappa shape index (κ3) is 4.02. The molecule has 1 saturated heterocycles. The van der Waals surface area contributed by atoms with E-state index >= 15 is 0 Å². The number of likely N-dealkylation sites (tertiary alicyclic amines) is 1. The molecule has 0 spiro atoms. The fourth-order valence-corrected chi connectivity index (χ4v) is 2.61. The highest BCUT2D eigenvalue weighted by Crippen LogP contribution is 2.19. The fraction of sp³-hybridized carbons (Fsp3) is 0.533. The molecule has 1 aromatic rings. The van der Waals surface area contributed by atoms with E-state index in [4.69, 9.17) is 0 Å². The molecule has 0 amide bonds. The van der Waals surface area contributed by atoms with Gasteiger partial charge in [0, 0.05) is 5.56 Å². The first-order valence-corrected chi connectivity index (χ1v) is 6.76. The predicted octanol–water partition coefficient (Wildman–Crippen LogP) is 3.69. The van der Waals surface area contributed by atoms with E-state index in [0.29, 0.717) is 5.56 Å². The molecule has 106 valence electrons. The summed E-state index contributed by atoms with van der Waals surface area (Å²) in [5.41, 5.74) is 0.627. The Morgan fingerprint density at radius 3 is 2.37 bits per heavy atom. The van der Waals surface area contributed by atoms with E-state index in [1.54, 1.807) is 12.1 Å². The van der Waals surface area contributed by atoms with Gasteiger partial charge in [0.25, 0.3) is 0 Å². The van der Waals surface area contributed by atoms with Crippen LogP contribution in [0.1, 0.15) is 43.0 Å². The zero-order valence-electron chi connectivity index (χ0n) is 11.3. The highest BCUT2D eigenvalue weighted by molar-refractivity contribution is 6.00. The summed E-state index contributed by atoms with van der Waals surface area (Å²) in [6.45, 7) is 4.12. The topological polar surface area (TPSA) is 20.3 Å². The first kappa shape index (κ1) is 16.1. The van der Waals surface area contributed by atoms with Crippen molar-refractivity contribution in [2.75, 3.05) is 13.1 Å². The van der Waals surface area contributed by atoms with Gasteiger partial charge in [-0.1, -0.05) is 13.3 Å². The standard InChI is InChI=1S/C15H20FNO.ClH/c1-2-5-14(17-10-3-4-11-17)15(18)12-6-8-13(16)9-7-12;/h6-9,14H,2-5,10-11H2,1H3;1H/t14-;/m0./s1. The van der Waals surface area contributed by atoms with E-state index in [1.807, 2.05) is 0 Å². The van der Waals surface area contributed by atoms with Crippen molar-refractivity contribution in [3.05, 3.63) is 35.6 Å². The van der Waals surface area contributed by atoms with Crippen LogP contribution in [0.5, 0.6) is 0 Å². The molecule has 4 heteroatoms. The third-order valence-corrected chi connectivity index (χ3v) is 3.57. The van der Waals surface area contributed by atoms with Gasteiger partial charge in [0.15, 0.2) is 5.78 Å².